The number of aryl methyl sites for hydroxylation is 2. The maximum absolute atomic E-state index is 5.79. The van der Waals surface area contributed by atoms with E-state index in [9.17, 15) is 0 Å². The molecule has 0 saturated carbocycles. The summed E-state index contributed by atoms with van der Waals surface area (Å²) in [6.45, 7) is 12.1. The number of nitrogens with one attached hydrogen (secondary N) is 1. The van der Waals surface area contributed by atoms with Gasteiger partial charge in [0.2, 0.25) is 0 Å². The van der Waals surface area contributed by atoms with Gasteiger partial charge in [0.15, 0.2) is 0 Å². The van der Waals surface area contributed by atoms with Crippen LogP contribution in [0.3, 0.4) is 0 Å². The molecular formula is C25H30N4. The zero-order valence-corrected chi connectivity index (χ0v) is 17.7. The lowest BCUT2D eigenvalue weighted by Crippen LogP contribution is -2.21. The minimum Gasteiger partial charge on any atom is -0.399 e. The van der Waals surface area contributed by atoms with Crippen LogP contribution in [0.1, 0.15) is 36.2 Å². The minimum atomic E-state index is 0.749. The summed E-state index contributed by atoms with van der Waals surface area (Å²) in [5.74, 6) is 0.888. The normalized spacial score (nSPS) is 11.1. The molecule has 0 bridgehead atoms. The van der Waals surface area contributed by atoms with Crippen LogP contribution in [0.4, 0.5) is 11.4 Å². The molecular weight excluding hydrogens is 356 g/mol. The highest BCUT2D eigenvalue weighted by molar-refractivity contribution is 5.97. The van der Waals surface area contributed by atoms with Crippen molar-refractivity contribution < 1.29 is 0 Å². The predicted molar refractivity (Wildman–Crippen MR) is 125 cm³/mol. The monoisotopic (exact) mass is 386 g/mol. The Morgan fingerprint density at radius 1 is 1.00 bits per heavy atom. The van der Waals surface area contributed by atoms with E-state index in [-0.39, 0.29) is 0 Å². The lowest BCUT2D eigenvalue weighted by Gasteiger charge is -2.10. The first kappa shape index (κ1) is 21.9. The number of hydrogen-bond donors (Lipinski definition) is 2. The molecule has 2 aromatic carbocycles. The van der Waals surface area contributed by atoms with Gasteiger partial charge in [0.05, 0.1) is 5.69 Å². The zero-order valence-electron chi connectivity index (χ0n) is 17.7. The number of rotatable bonds is 2. The molecule has 3 aromatic rings. The molecule has 0 atom stereocenters. The summed E-state index contributed by atoms with van der Waals surface area (Å²) < 4.78 is 0. The number of benzene rings is 2. The number of pyridine rings is 1. The number of anilines is 1. The van der Waals surface area contributed by atoms with E-state index in [0.717, 1.165) is 46.1 Å². The summed E-state index contributed by atoms with van der Waals surface area (Å²) in [5, 5.41) is 3.28. The summed E-state index contributed by atoms with van der Waals surface area (Å²) in [5.41, 5.74) is 12.8. The third kappa shape index (κ3) is 6.32. The SMILES string of the molecule is C=C(NC1=Nc2ccc(N)cc2C1)c1cccnc1C.CC.Cc1ccccc1. The van der Waals surface area contributed by atoms with Crippen LogP contribution < -0.4 is 11.1 Å². The fraction of sp³-hybridized carbons (Fsp3) is 0.200. The van der Waals surface area contributed by atoms with Gasteiger partial charge in [-0.25, -0.2) is 4.99 Å². The molecule has 0 spiro atoms. The standard InChI is InChI=1S/C16H16N4.C7H8.C2H6/c1-10-14(4-3-7-18-10)11(2)19-16-9-12-8-13(17)5-6-15(12)20-16;1-7-5-3-2-4-6-7;1-2/h3-8H,2,9,17H2,1H3,(H,19,20);2-6H,1H3;1-2H3. The minimum absolute atomic E-state index is 0.749. The van der Waals surface area contributed by atoms with Crippen molar-refractivity contribution in [2.45, 2.75) is 34.1 Å². The van der Waals surface area contributed by atoms with E-state index in [1.807, 2.05) is 69.3 Å². The first-order chi connectivity index (χ1) is 14.0. The second-order valence-electron chi connectivity index (χ2n) is 6.52. The van der Waals surface area contributed by atoms with Gasteiger partial charge < -0.3 is 11.1 Å². The molecule has 150 valence electrons. The second kappa shape index (κ2) is 10.8. The molecule has 29 heavy (non-hydrogen) atoms. The number of aromatic nitrogens is 1. The van der Waals surface area contributed by atoms with E-state index < -0.39 is 0 Å². The molecule has 0 amide bonds. The van der Waals surface area contributed by atoms with Crippen molar-refractivity contribution in [2.75, 3.05) is 5.73 Å². The number of hydrogen-bond acceptors (Lipinski definition) is 4. The fourth-order valence-corrected chi connectivity index (χ4v) is 2.87. The summed E-state index contributed by atoms with van der Waals surface area (Å²) in [6.07, 6.45) is 2.52. The van der Waals surface area contributed by atoms with E-state index in [2.05, 4.69) is 40.9 Å². The van der Waals surface area contributed by atoms with Gasteiger partial charge in [-0.2, -0.15) is 0 Å². The molecule has 0 fully saturated rings. The van der Waals surface area contributed by atoms with Gasteiger partial charge in [-0.15, -0.1) is 0 Å². The molecule has 0 aliphatic carbocycles. The Labute approximate surface area is 174 Å². The van der Waals surface area contributed by atoms with Crippen molar-refractivity contribution in [1.82, 2.24) is 10.3 Å². The molecule has 0 radical (unpaired) electrons. The van der Waals surface area contributed by atoms with E-state index >= 15 is 0 Å². The van der Waals surface area contributed by atoms with E-state index in [4.69, 9.17) is 5.73 Å². The van der Waals surface area contributed by atoms with Gasteiger partial charge in [-0.3, -0.25) is 4.98 Å². The smallest absolute Gasteiger partial charge is 0.111 e. The second-order valence-corrected chi connectivity index (χ2v) is 6.52. The van der Waals surface area contributed by atoms with E-state index in [1.54, 1.807) is 6.20 Å². The highest BCUT2D eigenvalue weighted by Crippen LogP contribution is 2.28. The van der Waals surface area contributed by atoms with Crippen LogP contribution in [0.2, 0.25) is 0 Å². The molecule has 1 aliphatic heterocycles. The average Bonchev–Trinajstić information content (AvgIpc) is 3.12. The van der Waals surface area contributed by atoms with Crippen molar-refractivity contribution >= 4 is 22.9 Å². The molecule has 2 heterocycles. The van der Waals surface area contributed by atoms with Crippen LogP contribution in [0, 0.1) is 13.8 Å². The van der Waals surface area contributed by atoms with Crippen LogP contribution in [-0.4, -0.2) is 10.8 Å². The summed E-state index contributed by atoms with van der Waals surface area (Å²) in [6, 6.07) is 19.9. The molecule has 3 N–H and O–H groups in total. The summed E-state index contributed by atoms with van der Waals surface area (Å²) in [7, 11) is 0. The Hall–Kier alpha value is -3.40. The third-order valence-electron chi connectivity index (χ3n) is 4.28. The Morgan fingerprint density at radius 2 is 1.72 bits per heavy atom. The van der Waals surface area contributed by atoms with E-state index in [1.165, 1.54) is 5.56 Å². The van der Waals surface area contributed by atoms with E-state index in [0.29, 0.717) is 0 Å². The number of fused-ring (bicyclic) bond motifs is 1. The Bertz CT molecular complexity index is 975. The van der Waals surface area contributed by atoms with Crippen LogP contribution >= 0.6 is 0 Å². The van der Waals surface area contributed by atoms with Crippen LogP contribution in [0.25, 0.3) is 5.70 Å². The molecule has 4 nitrogen and oxygen atoms in total. The lowest BCUT2D eigenvalue weighted by atomic mass is 10.1. The van der Waals surface area contributed by atoms with Crippen molar-refractivity contribution in [3.8, 4) is 0 Å². The predicted octanol–water partition coefficient (Wildman–Crippen LogP) is 5.84. The molecule has 4 rings (SSSR count). The Kier molecular flexibility index (Phi) is 8.16. The summed E-state index contributed by atoms with van der Waals surface area (Å²) >= 11 is 0. The molecule has 0 saturated heterocycles. The van der Waals surface area contributed by atoms with Crippen LogP contribution in [-0.2, 0) is 6.42 Å². The molecule has 1 aromatic heterocycles. The zero-order chi connectivity index (χ0) is 21.2. The molecule has 1 aliphatic rings. The lowest BCUT2D eigenvalue weighted by molar-refractivity contribution is 1.15. The highest BCUT2D eigenvalue weighted by Gasteiger charge is 2.15. The number of nitrogen functional groups attached to an aromatic ring is 1. The van der Waals surface area contributed by atoms with Crippen molar-refractivity contribution in [2.24, 2.45) is 4.99 Å². The fourth-order valence-electron chi connectivity index (χ4n) is 2.87. The maximum Gasteiger partial charge on any atom is 0.111 e. The average molecular weight is 387 g/mol. The van der Waals surface area contributed by atoms with Crippen molar-refractivity contribution in [3.63, 3.8) is 0 Å². The van der Waals surface area contributed by atoms with Crippen LogP contribution in [0.5, 0.6) is 0 Å². The van der Waals surface area contributed by atoms with Gasteiger partial charge in [-0.1, -0.05) is 56.3 Å². The largest absolute Gasteiger partial charge is 0.399 e. The number of nitrogens with two attached hydrogens (primary N) is 1. The molecule has 0 unspecified atom stereocenters. The Balaban J connectivity index is 0.000000280. The van der Waals surface area contributed by atoms with Gasteiger partial charge in [0.25, 0.3) is 0 Å². The van der Waals surface area contributed by atoms with Gasteiger partial charge >= 0.3 is 0 Å². The summed E-state index contributed by atoms with van der Waals surface area (Å²) in [4.78, 5) is 8.83. The number of aliphatic imine (C=N–C) groups is 1. The van der Waals surface area contributed by atoms with Gasteiger partial charge in [0.1, 0.15) is 5.84 Å². The highest BCUT2D eigenvalue weighted by atomic mass is 15.0. The maximum atomic E-state index is 5.79. The Morgan fingerprint density at radius 3 is 2.34 bits per heavy atom. The topological polar surface area (TPSA) is 63.3 Å². The number of amidine groups is 1. The van der Waals surface area contributed by atoms with Crippen molar-refractivity contribution in [3.05, 3.63) is 95.8 Å². The third-order valence-corrected chi connectivity index (χ3v) is 4.28. The first-order valence-corrected chi connectivity index (χ1v) is 9.88. The van der Waals surface area contributed by atoms with Gasteiger partial charge in [-0.05, 0) is 49.7 Å². The quantitative estimate of drug-likeness (QED) is 0.544. The van der Waals surface area contributed by atoms with Gasteiger partial charge in [0, 0.05) is 35.3 Å². The number of nitrogens with zero attached hydrogens (tertiary/aromatic N) is 2. The molecule has 4 heteroatoms. The van der Waals surface area contributed by atoms with Crippen LogP contribution in [0.15, 0.2) is 78.4 Å². The first-order valence-electron chi connectivity index (χ1n) is 9.88. The van der Waals surface area contributed by atoms with Crippen molar-refractivity contribution in [1.29, 1.82) is 0 Å².